The van der Waals surface area contributed by atoms with Gasteiger partial charge in [0.2, 0.25) is 5.91 Å². The first-order valence-corrected chi connectivity index (χ1v) is 8.27. The first-order valence-electron chi connectivity index (χ1n) is 7.39. The molecule has 3 rings (SSSR count). The summed E-state index contributed by atoms with van der Waals surface area (Å²) in [4.78, 5) is 21.2. The van der Waals surface area contributed by atoms with E-state index in [2.05, 4.69) is 15.3 Å². The van der Waals surface area contributed by atoms with Crippen LogP contribution < -0.4 is 5.32 Å². The Bertz CT molecular complexity index is 771. The molecule has 1 N–H and O–H groups in total. The van der Waals surface area contributed by atoms with Gasteiger partial charge in [0.25, 0.3) is 0 Å². The molecular weight excluding hydrogens is 306 g/mol. The first-order chi connectivity index (χ1) is 11.2. The van der Waals surface area contributed by atoms with Crippen molar-refractivity contribution in [3.8, 4) is 0 Å². The van der Waals surface area contributed by atoms with Gasteiger partial charge in [-0.3, -0.25) is 9.78 Å². The largest absolute Gasteiger partial charge is 0.301 e. The van der Waals surface area contributed by atoms with E-state index in [9.17, 15) is 4.79 Å². The van der Waals surface area contributed by atoms with Crippen LogP contribution in [0.5, 0.6) is 0 Å². The summed E-state index contributed by atoms with van der Waals surface area (Å²) < 4.78 is 0. The van der Waals surface area contributed by atoms with Gasteiger partial charge in [0.1, 0.15) is 0 Å². The maximum absolute atomic E-state index is 12.8. The quantitative estimate of drug-likeness (QED) is 0.777. The number of benzene rings is 1. The van der Waals surface area contributed by atoms with Gasteiger partial charge < -0.3 is 5.32 Å². The molecule has 0 bridgehead atoms. The summed E-state index contributed by atoms with van der Waals surface area (Å²) >= 11 is 1.44. The fourth-order valence-corrected chi connectivity index (χ4v) is 3.10. The maximum Gasteiger partial charge on any atom is 0.234 e. The van der Waals surface area contributed by atoms with Crippen molar-refractivity contribution < 1.29 is 4.79 Å². The molecule has 2 heterocycles. The van der Waals surface area contributed by atoms with Gasteiger partial charge >= 0.3 is 0 Å². The number of carbonyl (C=O) groups is 1. The standard InChI is InChI=1S/C18H17N3OS/c1-13-12-23-18(20-13)21-17(22)16(15-7-3-2-4-8-15)10-14-6-5-9-19-11-14/h2-9,11-12,16H,10H2,1H3,(H,20,21,22). The van der Waals surface area contributed by atoms with Crippen molar-refractivity contribution in [3.63, 3.8) is 0 Å². The molecule has 1 aromatic carbocycles. The lowest BCUT2D eigenvalue weighted by atomic mass is 9.92. The summed E-state index contributed by atoms with van der Waals surface area (Å²) in [5.74, 6) is -0.320. The highest BCUT2D eigenvalue weighted by atomic mass is 32.1. The van der Waals surface area contributed by atoms with E-state index in [1.807, 2.05) is 54.8 Å². The van der Waals surface area contributed by atoms with E-state index in [-0.39, 0.29) is 11.8 Å². The number of hydrogen-bond donors (Lipinski definition) is 1. The molecule has 0 spiro atoms. The molecule has 0 aliphatic carbocycles. The molecule has 0 saturated heterocycles. The zero-order valence-corrected chi connectivity index (χ0v) is 13.6. The van der Waals surface area contributed by atoms with E-state index < -0.39 is 0 Å². The number of aryl methyl sites for hydroxylation is 1. The molecule has 2 aromatic heterocycles. The lowest BCUT2D eigenvalue weighted by Gasteiger charge is -2.16. The van der Waals surface area contributed by atoms with E-state index in [1.165, 1.54) is 11.3 Å². The number of nitrogens with one attached hydrogen (secondary N) is 1. The van der Waals surface area contributed by atoms with Gasteiger partial charge in [-0.05, 0) is 30.5 Å². The van der Waals surface area contributed by atoms with E-state index in [1.54, 1.807) is 12.4 Å². The van der Waals surface area contributed by atoms with E-state index in [4.69, 9.17) is 0 Å². The third-order valence-corrected chi connectivity index (χ3v) is 4.41. The molecule has 1 atom stereocenters. The van der Waals surface area contributed by atoms with Crippen molar-refractivity contribution in [2.75, 3.05) is 5.32 Å². The van der Waals surface area contributed by atoms with Gasteiger partial charge in [-0.15, -0.1) is 11.3 Å². The normalized spacial score (nSPS) is 11.9. The molecule has 116 valence electrons. The minimum Gasteiger partial charge on any atom is -0.301 e. The number of thiazole rings is 1. The van der Waals surface area contributed by atoms with Crippen molar-refractivity contribution in [3.05, 3.63) is 77.1 Å². The van der Waals surface area contributed by atoms with Crippen LogP contribution in [0.4, 0.5) is 5.13 Å². The summed E-state index contributed by atoms with van der Waals surface area (Å²) in [6.45, 7) is 1.91. The monoisotopic (exact) mass is 323 g/mol. The first kappa shape index (κ1) is 15.4. The Hall–Kier alpha value is -2.53. The van der Waals surface area contributed by atoms with Crippen LogP contribution in [0.1, 0.15) is 22.7 Å². The Balaban J connectivity index is 1.84. The van der Waals surface area contributed by atoms with Crippen LogP contribution in [-0.2, 0) is 11.2 Å². The minimum absolute atomic E-state index is 0.0468. The average molecular weight is 323 g/mol. The lowest BCUT2D eigenvalue weighted by Crippen LogP contribution is -2.23. The molecule has 1 unspecified atom stereocenters. The molecule has 5 heteroatoms. The smallest absolute Gasteiger partial charge is 0.234 e. The maximum atomic E-state index is 12.8. The number of anilines is 1. The number of nitrogens with zero attached hydrogens (tertiary/aromatic N) is 2. The minimum atomic E-state index is -0.274. The predicted molar refractivity (Wildman–Crippen MR) is 92.6 cm³/mol. The van der Waals surface area contributed by atoms with Gasteiger partial charge in [-0.25, -0.2) is 4.98 Å². The van der Waals surface area contributed by atoms with E-state index in [0.717, 1.165) is 16.8 Å². The number of amides is 1. The number of carbonyl (C=O) groups excluding carboxylic acids is 1. The van der Waals surface area contributed by atoms with Crippen molar-refractivity contribution in [2.24, 2.45) is 0 Å². The zero-order valence-electron chi connectivity index (χ0n) is 12.8. The van der Waals surface area contributed by atoms with Crippen molar-refractivity contribution in [1.82, 2.24) is 9.97 Å². The molecular formula is C18H17N3OS. The van der Waals surface area contributed by atoms with Crippen LogP contribution in [0.3, 0.4) is 0 Å². The van der Waals surface area contributed by atoms with Crippen LogP contribution >= 0.6 is 11.3 Å². The molecule has 0 aliphatic rings. The van der Waals surface area contributed by atoms with Crippen molar-refractivity contribution >= 4 is 22.4 Å². The summed E-state index contributed by atoms with van der Waals surface area (Å²) in [6, 6.07) is 13.7. The molecule has 0 radical (unpaired) electrons. The fraction of sp³-hybridized carbons (Fsp3) is 0.167. The highest BCUT2D eigenvalue weighted by Gasteiger charge is 2.22. The number of rotatable bonds is 5. The number of hydrogen-bond acceptors (Lipinski definition) is 4. The zero-order chi connectivity index (χ0) is 16.1. The molecule has 1 amide bonds. The molecule has 23 heavy (non-hydrogen) atoms. The fourth-order valence-electron chi connectivity index (χ4n) is 2.41. The average Bonchev–Trinajstić information content (AvgIpc) is 2.99. The summed E-state index contributed by atoms with van der Waals surface area (Å²) in [5, 5.41) is 5.49. The van der Waals surface area contributed by atoms with Gasteiger partial charge in [0, 0.05) is 17.8 Å². The van der Waals surface area contributed by atoms with Gasteiger partial charge in [0.15, 0.2) is 5.13 Å². The summed E-state index contributed by atoms with van der Waals surface area (Å²) in [6.07, 6.45) is 4.14. The SMILES string of the molecule is Cc1csc(NC(=O)C(Cc2cccnc2)c2ccccc2)n1. The Morgan fingerprint density at radius 1 is 1.22 bits per heavy atom. The molecule has 4 nitrogen and oxygen atoms in total. The molecule has 0 fully saturated rings. The summed E-state index contributed by atoms with van der Waals surface area (Å²) in [5.41, 5.74) is 2.93. The number of aromatic nitrogens is 2. The third-order valence-electron chi connectivity index (χ3n) is 3.53. The van der Waals surface area contributed by atoms with Crippen LogP contribution in [0.2, 0.25) is 0 Å². The van der Waals surface area contributed by atoms with Crippen LogP contribution in [0.25, 0.3) is 0 Å². The number of pyridine rings is 1. The second-order valence-electron chi connectivity index (χ2n) is 5.31. The second-order valence-corrected chi connectivity index (χ2v) is 6.17. The van der Waals surface area contributed by atoms with E-state index >= 15 is 0 Å². The van der Waals surface area contributed by atoms with Gasteiger partial charge in [-0.2, -0.15) is 0 Å². The Morgan fingerprint density at radius 2 is 2.04 bits per heavy atom. The highest BCUT2D eigenvalue weighted by Crippen LogP contribution is 2.24. The lowest BCUT2D eigenvalue weighted by molar-refractivity contribution is -0.117. The topological polar surface area (TPSA) is 54.9 Å². The predicted octanol–water partition coefficient (Wildman–Crippen LogP) is 3.81. The van der Waals surface area contributed by atoms with Crippen molar-refractivity contribution in [1.29, 1.82) is 0 Å². The van der Waals surface area contributed by atoms with Gasteiger partial charge in [0.05, 0.1) is 11.6 Å². The molecule has 0 aliphatic heterocycles. The van der Waals surface area contributed by atoms with Gasteiger partial charge in [-0.1, -0.05) is 36.4 Å². The summed E-state index contributed by atoms with van der Waals surface area (Å²) in [7, 11) is 0. The molecule has 3 aromatic rings. The Kier molecular flexibility index (Phi) is 4.78. The van der Waals surface area contributed by atoms with E-state index in [0.29, 0.717) is 11.6 Å². The Morgan fingerprint density at radius 3 is 2.70 bits per heavy atom. The van der Waals surface area contributed by atoms with Crippen LogP contribution in [0.15, 0.2) is 60.2 Å². The third kappa shape index (κ3) is 4.02. The van der Waals surface area contributed by atoms with Crippen LogP contribution in [-0.4, -0.2) is 15.9 Å². The molecule has 0 saturated carbocycles. The van der Waals surface area contributed by atoms with Crippen LogP contribution in [0, 0.1) is 6.92 Å². The second kappa shape index (κ2) is 7.15. The van der Waals surface area contributed by atoms with Crippen molar-refractivity contribution in [2.45, 2.75) is 19.3 Å². The Labute approximate surface area is 139 Å². The highest BCUT2D eigenvalue weighted by molar-refractivity contribution is 7.13.